The number of ether oxygens (including phenoxy) is 1. The fraction of sp³-hybridized carbons (Fsp3) is 0.462. The summed E-state index contributed by atoms with van der Waals surface area (Å²) in [6.07, 6.45) is 0.903. The van der Waals surface area contributed by atoms with Gasteiger partial charge in [-0.25, -0.2) is 0 Å². The van der Waals surface area contributed by atoms with Crippen molar-refractivity contribution in [3.8, 4) is 0 Å². The average molecular weight is 285 g/mol. The van der Waals surface area contributed by atoms with Crippen molar-refractivity contribution in [3.63, 3.8) is 0 Å². The van der Waals surface area contributed by atoms with Gasteiger partial charge in [0.25, 0.3) is 0 Å². The van der Waals surface area contributed by atoms with Gasteiger partial charge >= 0.3 is 5.97 Å². The van der Waals surface area contributed by atoms with Crippen LogP contribution in [-0.4, -0.2) is 12.6 Å². The summed E-state index contributed by atoms with van der Waals surface area (Å²) < 4.78 is 5.18. The third-order valence-electron chi connectivity index (χ3n) is 2.24. The van der Waals surface area contributed by atoms with E-state index < -0.39 is 0 Å². The van der Waals surface area contributed by atoms with Crippen LogP contribution in [0.3, 0.4) is 0 Å². The van der Waals surface area contributed by atoms with Gasteiger partial charge in [0.05, 0.1) is 6.61 Å². The monoisotopic (exact) mass is 284 g/mol. The van der Waals surface area contributed by atoms with Gasteiger partial charge in [0, 0.05) is 0 Å². The molecular weight excluding hydrogens is 268 g/mol. The fourth-order valence-corrected chi connectivity index (χ4v) is 1.66. The van der Waals surface area contributed by atoms with Crippen LogP contribution < -0.4 is 0 Å². The molecule has 0 aliphatic heterocycles. The van der Waals surface area contributed by atoms with Crippen LogP contribution in [-0.2, 0) is 9.53 Å². The van der Waals surface area contributed by atoms with Crippen LogP contribution in [0, 0.1) is 5.92 Å². The van der Waals surface area contributed by atoms with E-state index >= 15 is 0 Å². The molecule has 0 bridgehead atoms. The second kappa shape index (κ2) is 6.69. The van der Waals surface area contributed by atoms with Gasteiger partial charge < -0.3 is 4.74 Å². The van der Waals surface area contributed by atoms with Crippen molar-refractivity contribution in [1.29, 1.82) is 0 Å². The number of benzene rings is 1. The lowest BCUT2D eigenvalue weighted by atomic mass is 10.1. The Labute approximate surface area is 105 Å². The zero-order chi connectivity index (χ0) is 12.0. The summed E-state index contributed by atoms with van der Waals surface area (Å²) in [5, 5.41) is 0. The molecule has 3 heteroatoms. The van der Waals surface area contributed by atoms with Gasteiger partial charge in [-0.1, -0.05) is 60.1 Å². The van der Waals surface area contributed by atoms with E-state index in [4.69, 9.17) is 4.74 Å². The summed E-state index contributed by atoms with van der Waals surface area (Å²) in [4.78, 5) is 11.3. The standard InChI is InChI=1S/C13H17BrO2/c1-10(2)8-9-16-13(15)12(14)11-6-4-3-5-7-11/h3-7,10,12H,8-9H2,1-2H3/t12-/m1/s1. The maximum atomic E-state index is 11.7. The van der Waals surface area contributed by atoms with Gasteiger partial charge in [-0.05, 0) is 17.9 Å². The van der Waals surface area contributed by atoms with Crippen molar-refractivity contribution < 1.29 is 9.53 Å². The minimum Gasteiger partial charge on any atom is -0.465 e. The molecule has 0 radical (unpaired) electrons. The zero-order valence-electron chi connectivity index (χ0n) is 9.65. The molecule has 0 fully saturated rings. The molecule has 1 aromatic rings. The van der Waals surface area contributed by atoms with Crippen molar-refractivity contribution in [2.45, 2.75) is 25.1 Å². The van der Waals surface area contributed by atoms with E-state index in [-0.39, 0.29) is 10.8 Å². The lowest BCUT2D eigenvalue weighted by Gasteiger charge is -2.11. The second-order valence-electron chi connectivity index (χ2n) is 4.12. The Bertz CT molecular complexity index is 322. The molecule has 0 N–H and O–H groups in total. The Morgan fingerprint density at radius 3 is 2.50 bits per heavy atom. The first-order chi connectivity index (χ1) is 7.61. The summed E-state index contributed by atoms with van der Waals surface area (Å²) in [6, 6.07) is 9.55. The largest absolute Gasteiger partial charge is 0.465 e. The zero-order valence-corrected chi connectivity index (χ0v) is 11.2. The molecule has 16 heavy (non-hydrogen) atoms. The number of hydrogen-bond acceptors (Lipinski definition) is 2. The summed E-state index contributed by atoms with van der Waals surface area (Å²) in [7, 11) is 0. The second-order valence-corrected chi connectivity index (χ2v) is 5.04. The third kappa shape index (κ3) is 4.35. The molecule has 0 spiro atoms. The maximum absolute atomic E-state index is 11.7. The quantitative estimate of drug-likeness (QED) is 0.609. The number of esters is 1. The Hall–Kier alpha value is -0.830. The minimum atomic E-state index is -0.360. The molecule has 0 saturated carbocycles. The Balaban J connectivity index is 2.43. The van der Waals surface area contributed by atoms with Crippen LogP contribution in [0.1, 0.15) is 30.7 Å². The van der Waals surface area contributed by atoms with Crippen molar-refractivity contribution in [2.24, 2.45) is 5.92 Å². The molecule has 0 aromatic heterocycles. The smallest absolute Gasteiger partial charge is 0.324 e. The van der Waals surface area contributed by atoms with Gasteiger partial charge in [0.2, 0.25) is 0 Å². The highest BCUT2D eigenvalue weighted by Crippen LogP contribution is 2.23. The normalized spacial score (nSPS) is 12.5. The third-order valence-corrected chi connectivity index (χ3v) is 3.14. The molecule has 1 aromatic carbocycles. The van der Waals surface area contributed by atoms with E-state index in [0.717, 1.165) is 12.0 Å². The van der Waals surface area contributed by atoms with Crippen LogP contribution in [0.15, 0.2) is 30.3 Å². The number of carbonyl (C=O) groups excluding carboxylic acids is 1. The molecule has 0 heterocycles. The first-order valence-corrected chi connectivity index (χ1v) is 6.38. The minimum absolute atomic E-state index is 0.216. The first kappa shape index (κ1) is 13.2. The fourth-order valence-electron chi connectivity index (χ4n) is 1.23. The highest BCUT2D eigenvalue weighted by molar-refractivity contribution is 9.09. The molecule has 1 rings (SSSR count). The predicted molar refractivity (Wildman–Crippen MR) is 68.5 cm³/mol. The van der Waals surface area contributed by atoms with Gasteiger partial charge in [-0.2, -0.15) is 0 Å². The van der Waals surface area contributed by atoms with E-state index in [9.17, 15) is 4.79 Å². The topological polar surface area (TPSA) is 26.3 Å². The number of halogens is 1. The molecule has 2 nitrogen and oxygen atoms in total. The number of hydrogen-bond donors (Lipinski definition) is 0. The van der Waals surface area contributed by atoms with Gasteiger partial charge in [-0.3, -0.25) is 4.79 Å². The summed E-state index contributed by atoms with van der Waals surface area (Å²) >= 11 is 3.34. The molecule has 0 unspecified atom stereocenters. The van der Waals surface area contributed by atoms with E-state index in [2.05, 4.69) is 29.8 Å². The average Bonchev–Trinajstić information content (AvgIpc) is 2.28. The number of carbonyl (C=O) groups is 1. The predicted octanol–water partition coefficient (Wildman–Crippen LogP) is 3.71. The summed E-state index contributed by atoms with van der Waals surface area (Å²) in [5.74, 6) is 0.338. The van der Waals surface area contributed by atoms with Crippen LogP contribution in [0.4, 0.5) is 0 Å². The van der Waals surface area contributed by atoms with Crippen molar-refractivity contribution in [1.82, 2.24) is 0 Å². The molecule has 0 saturated heterocycles. The Morgan fingerprint density at radius 1 is 1.31 bits per heavy atom. The molecule has 0 amide bonds. The van der Waals surface area contributed by atoms with Crippen LogP contribution in [0.2, 0.25) is 0 Å². The van der Waals surface area contributed by atoms with Crippen molar-refractivity contribution in [2.75, 3.05) is 6.61 Å². The molecule has 88 valence electrons. The van der Waals surface area contributed by atoms with Crippen LogP contribution >= 0.6 is 15.9 Å². The molecule has 0 aliphatic rings. The maximum Gasteiger partial charge on any atom is 0.324 e. The SMILES string of the molecule is CC(C)CCOC(=O)[C@H](Br)c1ccccc1. The Morgan fingerprint density at radius 2 is 1.94 bits per heavy atom. The number of alkyl halides is 1. The molecule has 0 aliphatic carbocycles. The highest BCUT2D eigenvalue weighted by Gasteiger charge is 2.18. The summed E-state index contributed by atoms with van der Waals surface area (Å²) in [5.41, 5.74) is 0.928. The van der Waals surface area contributed by atoms with Crippen molar-refractivity contribution >= 4 is 21.9 Å². The lowest BCUT2D eigenvalue weighted by molar-refractivity contribution is -0.143. The van der Waals surface area contributed by atoms with E-state index in [1.807, 2.05) is 30.3 Å². The Kier molecular flexibility index (Phi) is 5.53. The van der Waals surface area contributed by atoms with Gasteiger partial charge in [0.1, 0.15) is 4.83 Å². The van der Waals surface area contributed by atoms with Crippen LogP contribution in [0.5, 0.6) is 0 Å². The van der Waals surface area contributed by atoms with E-state index in [1.165, 1.54) is 0 Å². The number of rotatable bonds is 5. The van der Waals surface area contributed by atoms with Gasteiger partial charge in [-0.15, -0.1) is 0 Å². The first-order valence-electron chi connectivity index (χ1n) is 5.47. The van der Waals surface area contributed by atoms with Crippen molar-refractivity contribution in [3.05, 3.63) is 35.9 Å². The lowest BCUT2D eigenvalue weighted by Crippen LogP contribution is -2.12. The summed E-state index contributed by atoms with van der Waals surface area (Å²) in [6.45, 7) is 4.71. The van der Waals surface area contributed by atoms with E-state index in [1.54, 1.807) is 0 Å². The van der Waals surface area contributed by atoms with Crippen LogP contribution in [0.25, 0.3) is 0 Å². The van der Waals surface area contributed by atoms with E-state index in [0.29, 0.717) is 12.5 Å². The van der Waals surface area contributed by atoms with Gasteiger partial charge in [0.15, 0.2) is 0 Å². The highest BCUT2D eigenvalue weighted by atomic mass is 79.9. The molecule has 1 atom stereocenters. The molecular formula is C13H17BrO2.